The second kappa shape index (κ2) is 11.5. The van der Waals surface area contributed by atoms with E-state index in [0.717, 1.165) is 0 Å². The van der Waals surface area contributed by atoms with E-state index in [2.05, 4.69) is 16.0 Å². The zero-order valence-corrected chi connectivity index (χ0v) is 17.0. The summed E-state index contributed by atoms with van der Waals surface area (Å²) in [4.78, 5) is 58.6. The van der Waals surface area contributed by atoms with Crippen molar-refractivity contribution < 1.29 is 39.3 Å². The second-order valence-corrected chi connectivity index (χ2v) is 6.93. The Morgan fingerprint density at radius 1 is 0.871 bits per heavy atom. The van der Waals surface area contributed by atoms with E-state index >= 15 is 0 Å². The van der Waals surface area contributed by atoms with Gasteiger partial charge in [0, 0.05) is 6.42 Å². The second-order valence-electron chi connectivity index (χ2n) is 6.93. The molecule has 12 nitrogen and oxygen atoms in total. The molecule has 3 amide bonds. The number of carbonyl (C=O) groups is 5. The van der Waals surface area contributed by atoms with E-state index in [0.29, 0.717) is 5.56 Å². The van der Waals surface area contributed by atoms with E-state index < -0.39 is 60.2 Å². The molecule has 0 aliphatic carbocycles. The molecule has 12 heteroatoms. The summed E-state index contributed by atoms with van der Waals surface area (Å²) in [6, 6.07) is 0.883. The van der Waals surface area contributed by atoms with Crippen LogP contribution in [0.25, 0.3) is 0 Å². The van der Waals surface area contributed by atoms with Crippen LogP contribution in [0.4, 0.5) is 0 Å². The van der Waals surface area contributed by atoms with E-state index in [4.69, 9.17) is 15.9 Å². The summed E-state index contributed by atoms with van der Waals surface area (Å²) < 4.78 is 0. The first-order chi connectivity index (χ1) is 14.4. The van der Waals surface area contributed by atoms with Gasteiger partial charge in [-0.3, -0.25) is 24.0 Å². The van der Waals surface area contributed by atoms with Crippen molar-refractivity contribution in [2.75, 3.05) is 0 Å². The van der Waals surface area contributed by atoms with Gasteiger partial charge in [-0.1, -0.05) is 12.1 Å². The van der Waals surface area contributed by atoms with Gasteiger partial charge in [0.15, 0.2) is 0 Å². The van der Waals surface area contributed by atoms with Gasteiger partial charge in [0.2, 0.25) is 17.7 Å². The zero-order valence-electron chi connectivity index (χ0n) is 17.0. The summed E-state index contributed by atoms with van der Waals surface area (Å²) >= 11 is 0. The third-order valence-corrected chi connectivity index (χ3v) is 4.22. The number of benzene rings is 1. The highest BCUT2D eigenvalue weighted by atomic mass is 16.4. The highest BCUT2D eigenvalue weighted by molar-refractivity contribution is 5.94. The molecule has 31 heavy (non-hydrogen) atoms. The molecular formula is C19H26N4O8. The van der Waals surface area contributed by atoms with Gasteiger partial charge < -0.3 is 37.0 Å². The van der Waals surface area contributed by atoms with Crippen LogP contribution in [0.3, 0.4) is 0 Å². The summed E-state index contributed by atoms with van der Waals surface area (Å²) in [6.07, 6.45) is -0.692. The van der Waals surface area contributed by atoms with E-state index in [9.17, 15) is 29.1 Å². The number of aromatic hydroxyl groups is 1. The summed E-state index contributed by atoms with van der Waals surface area (Å²) in [5.74, 6) is -4.94. The Labute approximate surface area is 177 Å². The van der Waals surface area contributed by atoms with Crippen LogP contribution in [-0.2, 0) is 30.4 Å². The SMILES string of the molecule is CC(NC(=O)C(C)NC(=O)C(Cc1ccc(O)cc1)NC(=O)C(N)CC(=O)O)C(=O)O. The number of phenols is 1. The minimum atomic E-state index is -1.40. The van der Waals surface area contributed by atoms with E-state index in [1.165, 1.54) is 38.1 Å². The van der Waals surface area contributed by atoms with Crippen LogP contribution in [0.5, 0.6) is 5.75 Å². The fourth-order valence-electron chi connectivity index (χ4n) is 2.42. The number of phenolic OH excluding ortho intramolecular Hbond substituents is 1. The summed E-state index contributed by atoms with van der Waals surface area (Å²) in [5.41, 5.74) is 6.09. The maximum Gasteiger partial charge on any atom is 0.325 e. The topological polar surface area (TPSA) is 208 Å². The fourth-order valence-corrected chi connectivity index (χ4v) is 2.42. The van der Waals surface area contributed by atoms with Crippen molar-refractivity contribution in [2.24, 2.45) is 5.73 Å². The molecule has 0 heterocycles. The lowest BCUT2D eigenvalue weighted by Crippen LogP contribution is -2.56. The smallest absolute Gasteiger partial charge is 0.325 e. The maximum atomic E-state index is 12.7. The minimum Gasteiger partial charge on any atom is -0.508 e. The predicted octanol–water partition coefficient (Wildman–Crippen LogP) is -1.68. The number of amides is 3. The number of hydrogen-bond donors (Lipinski definition) is 7. The van der Waals surface area contributed by atoms with Gasteiger partial charge in [0.1, 0.15) is 23.9 Å². The number of rotatable bonds is 11. The molecule has 0 aromatic heterocycles. The number of carboxylic acid groups (broad SMARTS) is 2. The number of nitrogens with two attached hydrogens (primary N) is 1. The summed E-state index contributed by atoms with van der Waals surface area (Å²) in [6.45, 7) is 2.59. The van der Waals surface area contributed by atoms with Gasteiger partial charge >= 0.3 is 11.9 Å². The number of carboxylic acids is 2. The third kappa shape index (κ3) is 8.70. The lowest BCUT2D eigenvalue weighted by atomic mass is 10.0. The standard InChI is InChI=1S/C19H26N4O8/c1-9(16(27)22-10(2)19(30)31)21-18(29)14(7-11-3-5-12(24)6-4-11)23-17(28)13(20)8-15(25)26/h3-6,9-10,13-14,24H,7-8,20H2,1-2H3,(H,21,29)(H,22,27)(H,23,28)(H,25,26)(H,30,31). The average molecular weight is 438 g/mol. The summed E-state index contributed by atoms with van der Waals surface area (Å²) in [7, 11) is 0. The van der Waals surface area contributed by atoms with Crippen molar-refractivity contribution >= 4 is 29.7 Å². The summed E-state index contributed by atoms with van der Waals surface area (Å²) in [5, 5.41) is 34.0. The number of nitrogens with one attached hydrogen (secondary N) is 3. The Morgan fingerprint density at radius 3 is 1.94 bits per heavy atom. The van der Waals surface area contributed by atoms with Gasteiger partial charge in [-0.15, -0.1) is 0 Å². The lowest BCUT2D eigenvalue weighted by molar-refractivity contribution is -0.141. The molecule has 0 radical (unpaired) electrons. The van der Waals surface area contributed by atoms with Crippen molar-refractivity contribution in [3.63, 3.8) is 0 Å². The molecule has 0 saturated carbocycles. The van der Waals surface area contributed by atoms with Crippen LogP contribution in [0.1, 0.15) is 25.8 Å². The van der Waals surface area contributed by atoms with Gasteiger partial charge in [-0.05, 0) is 31.5 Å². The van der Waals surface area contributed by atoms with Crippen LogP contribution in [-0.4, -0.2) is 69.1 Å². The zero-order chi connectivity index (χ0) is 23.7. The van der Waals surface area contributed by atoms with Crippen molar-refractivity contribution in [1.82, 2.24) is 16.0 Å². The molecule has 4 atom stereocenters. The predicted molar refractivity (Wildman–Crippen MR) is 107 cm³/mol. The van der Waals surface area contributed by atoms with Gasteiger partial charge in [-0.25, -0.2) is 0 Å². The average Bonchev–Trinajstić information content (AvgIpc) is 2.68. The lowest BCUT2D eigenvalue weighted by Gasteiger charge is -2.23. The first-order valence-electron chi connectivity index (χ1n) is 9.30. The molecule has 0 fully saturated rings. The molecule has 0 spiro atoms. The Hall–Kier alpha value is -3.67. The molecule has 170 valence electrons. The van der Waals surface area contributed by atoms with Crippen molar-refractivity contribution in [3.8, 4) is 5.75 Å². The molecule has 8 N–H and O–H groups in total. The van der Waals surface area contributed by atoms with Crippen LogP contribution >= 0.6 is 0 Å². The highest BCUT2D eigenvalue weighted by Gasteiger charge is 2.28. The normalized spacial score (nSPS) is 14.4. The van der Waals surface area contributed by atoms with Gasteiger partial charge in [0.05, 0.1) is 12.5 Å². The number of hydrogen-bond acceptors (Lipinski definition) is 7. The first kappa shape index (κ1) is 25.4. The minimum absolute atomic E-state index is 0.00453. The van der Waals surface area contributed by atoms with Gasteiger partial charge in [-0.2, -0.15) is 0 Å². The van der Waals surface area contributed by atoms with Gasteiger partial charge in [0.25, 0.3) is 0 Å². The number of aliphatic carboxylic acids is 2. The van der Waals surface area contributed by atoms with Crippen molar-refractivity contribution in [3.05, 3.63) is 29.8 Å². The molecule has 1 aromatic carbocycles. The van der Waals surface area contributed by atoms with E-state index in [1.54, 1.807) is 0 Å². The third-order valence-electron chi connectivity index (χ3n) is 4.22. The molecule has 0 saturated heterocycles. The molecule has 0 bridgehead atoms. The van der Waals surface area contributed by atoms with Crippen molar-refractivity contribution in [1.29, 1.82) is 0 Å². The Balaban J connectivity index is 2.92. The van der Waals surface area contributed by atoms with Crippen LogP contribution in [0, 0.1) is 0 Å². The maximum absolute atomic E-state index is 12.7. The molecule has 0 aliphatic rings. The molecule has 0 aliphatic heterocycles. The monoisotopic (exact) mass is 438 g/mol. The van der Waals surface area contributed by atoms with Crippen molar-refractivity contribution in [2.45, 2.75) is 50.9 Å². The molecular weight excluding hydrogens is 412 g/mol. The molecule has 1 rings (SSSR count). The Bertz CT molecular complexity index is 827. The van der Waals surface area contributed by atoms with Crippen LogP contribution in [0.15, 0.2) is 24.3 Å². The number of carbonyl (C=O) groups excluding carboxylic acids is 3. The van der Waals surface area contributed by atoms with E-state index in [1.807, 2.05) is 0 Å². The first-order valence-corrected chi connectivity index (χ1v) is 9.30. The largest absolute Gasteiger partial charge is 0.508 e. The molecule has 4 unspecified atom stereocenters. The molecule has 1 aromatic rings. The van der Waals surface area contributed by atoms with Crippen LogP contribution in [0.2, 0.25) is 0 Å². The Morgan fingerprint density at radius 2 is 1.42 bits per heavy atom. The quantitative estimate of drug-likeness (QED) is 0.210. The van der Waals surface area contributed by atoms with Crippen LogP contribution < -0.4 is 21.7 Å². The fraction of sp³-hybridized carbons (Fsp3) is 0.421. The highest BCUT2D eigenvalue weighted by Crippen LogP contribution is 2.12. The van der Waals surface area contributed by atoms with E-state index in [-0.39, 0.29) is 12.2 Å². The Kier molecular flexibility index (Phi) is 9.41.